The van der Waals surface area contributed by atoms with Gasteiger partial charge >= 0.3 is 6.01 Å². The molecule has 0 aliphatic carbocycles. The molecule has 0 aromatic carbocycles. The van der Waals surface area contributed by atoms with E-state index in [0.717, 1.165) is 31.6 Å². The van der Waals surface area contributed by atoms with E-state index < -0.39 is 0 Å². The monoisotopic (exact) mass is 320 g/mol. The fourth-order valence-electron chi connectivity index (χ4n) is 2.73. The van der Waals surface area contributed by atoms with Gasteiger partial charge in [-0.25, -0.2) is 5.10 Å². The Balaban J connectivity index is 1.64. The number of aromatic amines is 1. The van der Waals surface area contributed by atoms with Gasteiger partial charge in [0, 0.05) is 32.3 Å². The van der Waals surface area contributed by atoms with Crippen molar-refractivity contribution in [3.63, 3.8) is 0 Å². The van der Waals surface area contributed by atoms with Crippen molar-refractivity contribution in [3.8, 4) is 0 Å². The van der Waals surface area contributed by atoms with E-state index in [-0.39, 0.29) is 11.6 Å². The van der Waals surface area contributed by atoms with Crippen LogP contribution in [0.4, 0.5) is 11.8 Å². The zero-order valence-corrected chi connectivity index (χ0v) is 13.0. The quantitative estimate of drug-likeness (QED) is 0.803. The maximum Gasteiger partial charge on any atom is 0.321 e. The standard InChI is InChI=1S/C14H20N6O3/c1-22-9-11-16-14(23-19-11)15-8-10-4-2-3-7-20(10)12-5-6-13(21)18-17-12/h5-6,10H,2-4,7-9H2,1H3,(H,18,21)(H,15,16,19). The van der Waals surface area contributed by atoms with Crippen molar-refractivity contribution in [3.05, 3.63) is 28.3 Å². The van der Waals surface area contributed by atoms with Crippen molar-refractivity contribution < 1.29 is 9.26 Å². The van der Waals surface area contributed by atoms with Gasteiger partial charge in [-0.1, -0.05) is 5.16 Å². The molecule has 1 aliphatic rings. The molecule has 0 saturated carbocycles. The number of nitrogens with one attached hydrogen (secondary N) is 2. The first-order valence-corrected chi connectivity index (χ1v) is 7.64. The van der Waals surface area contributed by atoms with Gasteiger partial charge in [0.1, 0.15) is 12.4 Å². The van der Waals surface area contributed by atoms with E-state index >= 15 is 0 Å². The molecule has 2 aromatic heterocycles. The number of ether oxygens (including phenoxy) is 1. The van der Waals surface area contributed by atoms with Crippen LogP contribution < -0.4 is 15.8 Å². The number of hydrogen-bond acceptors (Lipinski definition) is 8. The molecule has 3 heterocycles. The number of piperidine rings is 1. The van der Waals surface area contributed by atoms with E-state index in [4.69, 9.17) is 9.26 Å². The zero-order chi connectivity index (χ0) is 16.1. The van der Waals surface area contributed by atoms with E-state index in [1.54, 1.807) is 13.2 Å². The average Bonchev–Trinajstić information content (AvgIpc) is 3.02. The highest BCUT2D eigenvalue weighted by Gasteiger charge is 2.24. The molecule has 3 rings (SSSR count). The van der Waals surface area contributed by atoms with Gasteiger partial charge in [0.15, 0.2) is 5.82 Å². The molecule has 2 aromatic rings. The molecule has 2 N–H and O–H groups in total. The molecule has 9 heteroatoms. The van der Waals surface area contributed by atoms with E-state index in [2.05, 4.69) is 30.6 Å². The highest BCUT2D eigenvalue weighted by molar-refractivity contribution is 5.39. The molecule has 0 bridgehead atoms. The molecular weight excluding hydrogens is 300 g/mol. The minimum absolute atomic E-state index is 0.197. The maximum atomic E-state index is 11.2. The van der Waals surface area contributed by atoms with Crippen molar-refractivity contribution in [2.24, 2.45) is 0 Å². The predicted molar refractivity (Wildman–Crippen MR) is 83.3 cm³/mol. The Kier molecular flexibility index (Phi) is 4.86. The second-order valence-electron chi connectivity index (χ2n) is 5.45. The summed E-state index contributed by atoms with van der Waals surface area (Å²) in [6.07, 6.45) is 3.30. The van der Waals surface area contributed by atoms with Crippen LogP contribution in [0.2, 0.25) is 0 Å². The third-order valence-electron chi connectivity index (χ3n) is 3.82. The molecule has 0 amide bonds. The summed E-state index contributed by atoms with van der Waals surface area (Å²) in [6, 6.07) is 3.88. The lowest BCUT2D eigenvalue weighted by molar-refractivity contribution is 0.174. The fourth-order valence-corrected chi connectivity index (χ4v) is 2.73. The number of aromatic nitrogens is 4. The highest BCUT2D eigenvalue weighted by atomic mass is 16.5. The molecule has 23 heavy (non-hydrogen) atoms. The number of anilines is 2. The molecular formula is C14H20N6O3. The lowest BCUT2D eigenvalue weighted by atomic mass is 10.0. The average molecular weight is 320 g/mol. The third kappa shape index (κ3) is 3.86. The second kappa shape index (κ2) is 7.23. The molecule has 1 saturated heterocycles. The first-order valence-electron chi connectivity index (χ1n) is 7.64. The van der Waals surface area contributed by atoms with Gasteiger partial charge in [-0.2, -0.15) is 10.1 Å². The zero-order valence-electron chi connectivity index (χ0n) is 13.0. The van der Waals surface area contributed by atoms with Crippen LogP contribution in [0.25, 0.3) is 0 Å². The number of hydrogen-bond donors (Lipinski definition) is 2. The SMILES string of the molecule is COCc1noc(NCC2CCCCN2c2ccc(=O)[nH]n2)n1. The number of methoxy groups -OCH3 is 1. The molecule has 0 radical (unpaired) electrons. The Morgan fingerprint density at radius 1 is 1.48 bits per heavy atom. The Bertz CT molecular complexity index is 665. The Morgan fingerprint density at radius 2 is 2.39 bits per heavy atom. The van der Waals surface area contributed by atoms with Crippen molar-refractivity contribution in [1.82, 2.24) is 20.3 Å². The lowest BCUT2D eigenvalue weighted by Gasteiger charge is -2.36. The molecule has 9 nitrogen and oxygen atoms in total. The van der Waals surface area contributed by atoms with Gasteiger partial charge in [0.05, 0.1) is 0 Å². The van der Waals surface area contributed by atoms with Crippen LogP contribution in [0, 0.1) is 0 Å². The van der Waals surface area contributed by atoms with Gasteiger partial charge < -0.3 is 19.5 Å². The van der Waals surface area contributed by atoms with Gasteiger partial charge in [-0.15, -0.1) is 0 Å². The topological polar surface area (TPSA) is 109 Å². The first-order chi connectivity index (χ1) is 11.3. The third-order valence-corrected chi connectivity index (χ3v) is 3.82. The molecule has 0 spiro atoms. The number of nitrogens with zero attached hydrogens (tertiary/aromatic N) is 4. The summed E-state index contributed by atoms with van der Waals surface area (Å²) in [4.78, 5) is 17.6. The summed E-state index contributed by atoms with van der Waals surface area (Å²) >= 11 is 0. The van der Waals surface area contributed by atoms with Crippen molar-refractivity contribution in [2.45, 2.75) is 31.9 Å². The van der Waals surface area contributed by atoms with Crippen LogP contribution in [-0.2, 0) is 11.3 Å². The summed E-state index contributed by atoms with van der Waals surface area (Å²) in [5.74, 6) is 1.29. The fraction of sp³-hybridized carbons (Fsp3) is 0.571. The molecule has 124 valence electrons. The van der Waals surface area contributed by atoms with Gasteiger partial charge in [0.2, 0.25) is 0 Å². The molecule has 1 atom stereocenters. The van der Waals surface area contributed by atoms with E-state index in [9.17, 15) is 4.79 Å². The summed E-state index contributed by atoms with van der Waals surface area (Å²) < 4.78 is 10.1. The lowest BCUT2D eigenvalue weighted by Crippen LogP contribution is -2.44. The maximum absolute atomic E-state index is 11.2. The summed E-state index contributed by atoms with van der Waals surface area (Å²) in [6.45, 7) is 1.89. The Hall–Kier alpha value is -2.42. The predicted octanol–water partition coefficient (Wildman–Crippen LogP) is 0.770. The minimum Gasteiger partial charge on any atom is -0.377 e. The van der Waals surface area contributed by atoms with Crippen molar-refractivity contribution in [2.75, 3.05) is 30.4 Å². The van der Waals surface area contributed by atoms with E-state index in [0.29, 0.717) is 25.0 Å². The number of H-pyrrole nitrogens is 1. The normalized spacial score (nSPS) is 18.1. The first kappa shape index (κ1) is 15.5. The second-order valence-corrected chi connectivity index (χ2v) is 5.45. The van der Waals surface area contributed by atoms with Crippen molar-refractivity contribution >= 4 is 11.8 Å². The summed E-state index contributed by atoms with van der Waals surface area (Å²) in [5.41, 5.74) is -0.197. The number of rotatable bonds is 6. The summed E-state index contributed by atoms with van der Waals surface area (Å²) in [5, 5.41) is 13.6. The minimum atomic E-state index is -0.197. The van der Waals surface area contributed by atoms with Crippen LogP contribution in [-0.4, -0.2) is 46.6 Å². The van der Waals surface area contributed by atoms with Gasteiger partial charge in [0.25, 0.3) is 5.56 Å². The van der Waals surface area contributed by atoms with Gasteiger partial charge in [-0.05, 0) is 25.3 Å². The van der Waals surface area contributed by atoms with Crippen LogP contribution in [0.1, 0.15) is 25.1 Å². The van der Waals surface area contributed by atoms with Gasteiger partial charge in [-0.3, -0.25) is 4.79 Å². The smallest absolute Gasteiger partial charge is 0.321 e. The largest absolute Gasteiger partial charge is 0.377 e. The Labute approximate surface area is 133 Å². The highest BCUT2D eigenvalue weighted by Crippen LogP contribution is 2.22. The van der Waals surface area contributed by atoms with Crippen LogP contribution in [0.15, 0.2) is 21.5 Å². The Morgan fingerprint density at radius 3 is 3.17 bits per heavy atom. The van der Waals surface area contributed by atoms with Crippen molar-refractivity contribution in [1.29, 1.82) is 0 Å². The van der Waals surface area contributed by atoms with Crippen LogP contribution >= 0.6 is 0 Å². The van der Waals surface area contributed by atoms with Crippen LogP contribution in [0.5, 0.6) is 0 Å². The molecule has 1 unspecified atom stereocenters. The molecule has 1 fully saturated rings. The van der Waals surface area contributed by atoms with E-state index in [1.165, 1.54) is 6.07 Å². The molecule has 1 aliphatic heterocycles. The van der Waals surface area contributed by atoms with E-state index in [1.807, 2.05) is 0 Å². The summed E-state index contributed by atoms with van der Waals surface area (Å²) in [7, 11) is 1.58. The van der Waals surface area contributed by atoms with Crippen LogP contribution in [0.3, 0.4) is 0 Å².